The molecule has 0 radical (unpaired) electrons. The predicted octanol–water partition coefficient (Wildman–Crippen LogP) is 3.71. The van der Waals surface area contributed by atoms with E-state index >= 15 is 0 Å². The highest BCUT2D eigenvalue weighted by atomic mass is 127. The maximum atomic E-state index is 6.12. The summed E-state index contributed by atoms with van der Waals surface area (Å²) in [6.07, 6.45) is 2.34. The van der Waals surface area contributed by atoms with E-state index in [-0.39, 0.29) is 6.10 Å². The van der Waals surface area contributed by atoms with Gasteiger partial charge in [0.1, 0.15) is 11.3 Å². The van der Waals surface area contributed by atoms with Crippen LogP contribution >= 0.6 is 34.2 Å². The Bertz CT molecular complexity index is 396. The summed E-state index contributed by atoms with van der Waals surface area (Å²) in [5, 5.41) is 0.555. The third kappa shape index (κ3) is 2.65. The van der Waals surface area contributed by atoms with Crippen molar-refractivity contribution in [3.05, 3.63) is 20.2 Å². The van der Waals surface area contributed by atoms with Crippen LogP contribution < -0.4 is 0 Å². The van der Waals surface area contributed by atoms with Crippen molar-refractivity contribution in [2.75, 3.05) is 6.61 Å². The molecular weight excluding hydrogens is 338 g/mol. The molecule has 1 unspecified atom stereocenters. The number of ether oxygens (including phenoxy) is 1. The van der Waals surface area contributed by atoms with Crippen molar-refractivity contribution in [2.45, 2.75) is 38.7 Å². The summed E-state index contributed by atoms with van der Waals surface area (Å²) in [5.41, 5.74) is 1.10. The van der Waals surface area contributed by atoms with Gasteiger partial charge >= 0.3 is 0 Å². The quantitative estimate of drug-likeness (QED) is 0.612. The molecule has 1 aromatic heterocycles. The minimum Gasteiger partial charge on any atom is -0.371 e. The SMILES string of the molecule is CCOC(C)c1nc(Cl)c(I)c(C2CC2)n1. The summed E-state index contributed by atoms with van der Waals surface area (Å²) in [7, 11) is 0. The third-order valence-corrected chi connectivity index (χ3v) is 4.25. The molecule has 0 spiro atoms. The van der Waals surface area contributed by atoms with Crippen molar-refractivity contribution < 1.29 is 4.74 Å². The van der Waals surface area contributed by atoms with E-state index in [1.807, 2.05) is 13.8 Å². The molecule has 1 aromatic rings. The summed E-state index contributed by atoms with van der Waals surface area (Å²) >= 11 is 8.34. The Kier molecular flexibility index (Phi) is 4.02. The van der Waals surface area contributed by atoms with Crippen molar-refractivity contribution in [1.82, 2.24) is 9.97 Å². The zero-order valence-electron chi connectivity index (χ0n) is 9.33. The highest BCUT2D eigenvalue weighted by Crippen LogP contribution is 2.42. The minimum atomic E-state index is -0.0861. The first-order chi connectivity index (χ1) is 7.63. The van der Waals surface area contributed by atoms with Crippen LogP contribution in [0.2, 0.25) is 5.15 Å². The van der Waals surface area contributed by atoms with Crippen LogP contribution in [0.3, 0.4) is 0 Å². The van der Waals surface area contributed by atoms with Crippen molar-refractivity contribution in [1.29, 1.82) is 0 Å². The lowest BCUT2D eigenvalue weighted by atomic mass is 10.2. The van der Waals surface area contributed by atoms with E-state index in [0.717, 1.165) is 9.26 Å². The number of hydrogen-bond donors (Lipinski definition) is 0. The Balaban J connectivity index is 2.32. The second-order valence-electron chi connectivity index (χ2n) is 3.94. The van der Waals surface area contributed by atoms with Gasteiger partial charge in [0.05, 0.1) is 9.26 Å². The van der Waals surface area contributed by atoms with Gasteiger partial charge in [0, 0.05) is 12.5 Å². The van der Waals surface area contributed by atoms with Gasteiger partial charge in [-0.25, -0.2) is 9.97 Å². The molecule has 1 heterocycles. The summed E-state index contributed by atoms with van der Waals surface area (Å²) < 4.78 is 6.49. The molecule has 0 aliphatic heterocycles. The second kappa shape index (κ2) is 5.14. The smallest absolute Gasteiger partial charge is 0.158 e. The van der Waals surface area contributed by atoms with Crippen LogP contribution in [0.15, 0.2) is 0 Å². The fourth-order valence-electron chi connectivity index (χ4n) is 1.59. The summed E-state index contributed by atoms with van der Waals surface area (Å²) in [5.74, 6) is 1.29. The molecule has 0 saturated heterocycles. The van der Waals surface area contributed by atoms with Crippen molar-refractivity contribution in [2.24, 2.45) is 0 Å². The molecule has 5 heteroatoms. The molecule has 3 nitrogen and oxygen atoms in total. The first-order valence-electron chi connectivity index (χ1n) is 5.48. The second-order valence-corrected chi connectivity index (χ2v) is 5.38. The zero-order valence-corrected chi connectivity index (χ0v) is 12.2. The van der Waals surface area contributed by atoms with E-state index in [0.29, 0.717) is 23.5 Å². The van der Waals surface area contributed by atoms with Gasteiger partial charge in [-0.1, -0.05) is 11.6 Å². The van der Waals surface area contributed by atoms with Crippen LogP contribution in [0.1, 0.15) is 50.2 Å². The number of hydrogen-bond acceptors (Lipinski definition) is 3. The molecule has 0 N–H and O–H groups in total. The highest BCUT2D eigenvalue weighted by molar-refractivity contribution is 14.1. The standard InChI is InChI=1S/C11H14ClIN2O/c1-3-16-6(2)11-14-9(7-4-5-7)8(13)10(12)15-11/h6-7H,3-5H2,1-2H3. The Morgan fingerprint density at radius 3 is 2.75 bits per heavy atom. The fourth-order valence-corrected chi connectivity index (χ4v) is 2.45. The lowest BCUT2D eigenvalue weighted by molar-refractivity contribution is 0.0698. The summed E-state index contributed by atoms with van der Waals surface area (Å²) in [6, 6.07) is 0. The Labute approximate surface area is 114 Å². The van der Waals surface area contributed by atoms with E-state index in [1.54, 1.807) is 0 Å². The summed E-state index contributed by atoms with van der Waals surface area (Å²) in [6.45, 7) is 4.58. The van der Waals surface area contributed by atoms with E-state index in [2.05, 4.69) is 32.6 Å². The van der Waals surface area contributed by atoms with Crippen LogP contribution in [0, 0.1) is 3.57 Å². The zero-order chi connectivity index (χ0) is 11.7. The predicted molar refractivity (Wildman–Crippen MR) is 71.8 cm³/mol. The average molecular weight is 353 g/mol. The molecule has 1 saturated carbocycles. The first-order valence-corrected chi connectivity index (χ1v) is 6.93. The van der Waals surface area contributed by atoms with Gasteiger partial charge in [0.25, 0.3) is 0 Å². The average Bonchev–Trinajstić information content (AvgIpc) is 3.06. The Hall–Kier alpha value is 0.0600. The normalized spacial score (nSPS) is 17.5. The van der Waals surface area contributed by atoms with E-state index in [9.17, 15) is 0 Å². The largest absolute Gasteiger partial charge is 0.371 e. The van der Waals surface area contributed by atoms with Gasteiger partial charge in [-0.05, 0) is 49.3 Å². The number of halogens is 2. The van der Waals surface area contributed by atoms with Gasteiger partial charge in [0.15, 0.2) is 5.82 Å². The van der Waals surface area contributed by atoms with Crippen molar-refractivity contribution in [3.63, 3.8) is 0 Å². The Morgan fingerprint density at radius 1 is 1.50 bits per heavy atom. The van der Waals surface area contributed by atoms with Crippen LogP contribution in [0.25, 0.3) is 0 Å². The maximum absolute atomic E-state index is 6.12. The van der Waals surface area contributed by atoms with Crippen LogP contribution in [0.4, 0.5) is 0 Å². The van der Waals surface area contributed by atoms with Gasteiger partial charge in [-0.3, -0.25) is 0 Å². The number of aromatic nitrogens is 2. The van der Waals surface area contributed by atoms with Crippen molar-refractivity contribution >= 4 is 34.2 Å². The van der Waals surface area contributed by atoms with Gasteiger partial charge in [-0.15, -0.1) is 0 Å². The van der Waals surface area contributed by atoms with Crippen LogP contribution in [-0.2, 0) is 4.74 Å². The third-order valence-electron chi connectivity index (χ3n) is 2.60. The van der Waals surface area contributed by atoms with Gasteiger partial charge in [0.2, 0.25) is 0 Å². The molecule has 1 fully saturated rings. The lowest BCUT2D eigenvalue weighted by Gasteiger charge is -2.13. The monoisotopic (exact) mass is 352 g/mol. The molecule has 1 aliphatic rings. The Morgan fingerprint density at radius 2 is 2.19 bits per heavy atom. The molecular formula is C11H14ClIN2O. The molecule has 16 heavy (non-hydrogen) atoms. The molecule has 0 aromatic carbocycles. The summed E-state index contributed by atoms with van der Waals surface area (Å²) in [4.78, 5) is 8.87. The fraction of sp³-hybridized carbons (Fsp3) is 0.636. The minimum absolute atomic E-state index is 0.0861. The highest BCUT2D eigenvalue weighted by Gasteiger charge is 2.29. The molecule has 1 atom stereocenters. The topological polar surface area (TPSA) is 35.0 Å². The molecule has 1 aliphatic carbocycles. The van der Waals surface area contributed by atoms with E-state index in [1.165, 1.54) is 12.8 Å². The van der Waals surface area contributed by atoms with E-state index < -0.39 is 0 Å². The van der Waals surface area contributed by atoms with Gasteiger partial charge < -0.3 is 4.74 Å². The lowest BCUT2D eigenvalue weighted by Crippen LogP contribution is -2.08. The first kappa shape index (κ1) is 12.5. The van der Waals surface area contributed by atoms with Crippen molar-refractivity contribution in [3.8, 4) is 0 Å². The molecule has 88 valence electrons. The number of nitrogens with zero attached hydrogens (tertiary/aromatic N) is 2. The molecule has 0 bridgehead atoms. The molecule has 2 rings (SSSR count). The van der Waals surface area contributed by atoms with E-state index in [4.69, 9.17) is 16.3 Å². The van der Waals surface area contributed by atoms with Crippen LogP contribution in [-0.4, -0.2) is 16.6 Å². The van der Waals surface area contributed by atoms with Crippen LogP contribution in [0.5, 0.6) is 0 Å². The number of rotatable bonds is 4. The van der Waals surface area contributed by atoms with Gasteiger partial charge in [-0.2, -0.15) is 0 Å². The maximum Gasteiger partial charge on any atom is 0.158 e. The molecule has 0 amide bonds.